The molecule has 2 heterocycles. The zero-order valence-corrected chi connectivity index (χ0v) is 12.6. The fraction of sp³-hybridized carbons (Fsp3) is 0.273. The number of nitrogens with zero attached hydrogens (tertiary/aromatic N) is 3. The minimum atomic E-state index is -0.288. The van der Waals surface area contributed by atoms with Crippen LogP contribution in [-0.2, 0) is 4.79 Å². The predicted molar refractivity (Wildman–Crippen MR) is 77.8 cm³/mol. The molecule has 2 aromatic heterocycles. The van der Waals surface area contributed by atoms with Gasteiger partial charge in [-0.15, -0.1) is 10.2 Å². The maximum atomic E-state index is 12.0. The van der Waals surface area contributed by atoms with Crippen molar-refractivity contribution in [1.29, 1.82) is 0 Å². The molecule has 0 aliphatic heterocycles. The summed E-state index contributed by atoms with van der Waals surface area (Å²) in [4.78, 5) is 15.9. The first kappa shape index (κ1) is 14.2. The van der Waals surface area contributed by atoms with Crippen LogP contribution in [0.5, 0.6) is 0 Å². The van der Waals surface area contributed by atoms with Crippen LogP contribution in [0.2, 0.25) is 5.15 Å². The van der Waals surface area contributed by atoms with E-state index in [-0.39, 0.29) is 16.3 Å². The van der Waals surface area contributed by atoms with Gasteiger partial charge in [0.15, 0.2) is 9.49 Å². The molecule has 0 aliphatic rings. The highest BCUT2D eigenvalue weighted by molar-refractivity contribution is 8.02. The summed E-state index contributed by atoms with van der Waals surface area (Å²) in [5.74, 6) is -0.146. The zero-order chi connectivity index (χ0) is 13.8. The van der Waals surface area contributed by atoms with Crippen LogP contribution in [0, 0.1) is 6.92 Å². The van der Waals surface area contributed by atoms with Crippen molar-refractivity contribution in [1.82, 2.24) is 15.2 Å². The van der Waals surface area contributed by atoms with E-state index in [1.165, 1.54) is 23.1 Å². The van der Waals surface area contributed by atoms with Crippen molar-refractivity contribution in [3.05, 3.63) is 28.5 Å². The summed E-state index contributed by atoms with van der Waals surface area (Å²) in [6, 6.07) is 3.42. The van der Waals surface area contributed by atoms with Gasteiger partial charge >= 0.3 is 0 Å². The largest absolute Gasteiger partial charge is 0.322 e. The summed E-state index contributed by atoms with van der Waals surface area (Å²) in [6.07, 6.45) is 1.57. The lowest BCUT2D eigenvalue weighted by molar-refractivity contribution is -0.115. The van der Waals surface area contributed by atoms with Gasteiger partial charge < -0.3 is 5.32 Å². The molecule has 0 bridgehead atoms. The van der Waals surface area contributed by atoms with Crippen molar-refractivity contribution in [2.45, 2.75) is 23.4 Å². The van der Waals surface area contributed by atoms with Gasteiger partial charge in [0.25, 0.3) is 0 Å². The highest BCUT2D eigenvalue weighted by atomic mass is 35.5. The predicted octanol–water partition coefficient (Wildman–Crippen LogP) is 3.01. The van der Waals surface area contributed by atoms with E-state index in [9.17, 15) is 4.79 Å². The lowest BCUT2D eigenvalue weighted by Gasteiger charge is -2.10. The summed E-state index contributed by atoms with van der Waals surface area (Å²) < 4.78 is 0.775. The van der Waals surface area contributed by atoms with E-state index >= 15 is 0 Å². The normalized spacial score (nSPS) is 12.2. The number of carbonyl (C=O) groups is 1. The minimum Gasteiger partial charge on any atom is -0.322 e. The van der Waals surface area contributed by atoms with Crippen molar-refractivity contribution in [3.63, 3.8) is 0 Å². The molecule has 100 valence electrons. The Kier molecular flexibility index (Phi) is 4.73. The van der Waals surface area contributed by atoms with E-state index in [1.807, 2.05) is 6.92 Å². The first-order chi connectivity index (χ1) is 9.06. The number of aromatic nitrogens is 3. The van der Waals surface area contributed by atoms with E-state index in [0.717, 1.165) is 9.35 Å². The Morgan fingerprint density at radius 1 is 1.53 bits per heavy atom. The number of nitrogens with one attached hydrogen (secondary N) is 1. The van der Waals surface area contributed by atoms with Crippen molar-refractivity contribution in [2.24, 2.45) is 0 Å². The van der Waals surface area contributed by atoms with Crippen LogP contribution >= 0.6 is 34.7 Å². The minimum absolute atomic E-state index is 0.146. The number of thioether (sulfide) groups is 1. The molecule has 2 aromatic rings. The summed E-state index contributed by atoms with van der Waals surface area (Å²) >= 11 is 8.72. The Morgan fingerprint density at radius 3 is 2.95 bits per heavy atom. The van der Waals surface area contributed by atoms with Crippen LogP contribution in [0.4, 0.5) is 5.69 Å². The summed E-state index contributed by atoms with van der Waals surface area (Å²) in [5, 5.41) is 11.5. The number of rotatable bonds is 4. The third-order valence-electron chi connectivity index (χ3n) is 2.17. The molecule has 0 aliphatic carbocycles. The fourth-order valence-electron chi connectivity index (χ4n) is 1.24. The Labute approximate surface area is 123 Å². The molecule has 0 aromatic carbocycles. The summed E-state index contributed by atoms with van der Waals surface area (Å²) in [7, 11) is 0. The van der Waals surface area contributed by atoms with Gasteiger partial charge in [-0.25, -0.2) is 4.98 Å². The second-order valence-electron chi connectivity index (χ2n) is 3.68. The Hall–Kier alpha value is -1.18. The number of hydrogen-bond donors (Lipinski definition) is 1. The van der Waals surface area contributed by atoms with Gasteiger partial charge in [0, 0.05) is 6.20 Å². The van der Waals surface area contributed by atoms with Crippen LogP contribution in [0.1, 0.15) is 11.9 Å². The number of amides is 1. The van der Waals surface area contributed by atoms with Crippen LogP contribution in [0.15, 0.2) is 22.7 Å². The Balaban J connectivity index is 1.98. The molecule has 0 radical (unpaired) electrons. The molecule has 0 saturated heterocycles. The lowest BCUT2D eigenvalue weighted by atomic mass is 10.4. The first-order valence-electron chi connectivity index (χ1n) is 5.44. The second-order valence-corrected chi connectivity index (χ2v) is 6.81. The highest BCUT2D eigenvalue weighted by Crippen LogP contribution is 2.27. The van der Waals surface area contributed by atoms with Gasteiger partial charge in [-0.1, -0.05) is 34.7 Å². The third-order valence-corrected chi connectivity index (χ3v) is 4.50. The third kappa shape index (κ3) is 3.89. The number of halogens is 1. The van der Waals surface area contributed by atoms with Gasteiger partial charge in [-0.05, 0) is 26.0 Å². The molecule has 19 heavy (non-hydrogen) atoms. The van der Waals surface area contributed by atoms with E-state index in [1.54, 1.807) is 25.3 Å². The molecule has 0 spiro atoms. The molecular formula is C11H11ClN4OS2. The average Bonchev–Trinajstić information content (AvgIpc) is 2.77. The quantitative estimate of drug-likeness (QED) is 0.694. The van der Waals surface area contributed by atoms with Crippen molar-refractivity contribution < 1.29 is 4.79 Å². The maximum Gasteiger partial charge on any atom is 0.237 e. The van der Waals surface area contributed by atoms with Crippen molar-refractivity contribution in [3.8, 4) is 0 Å². The van der Waals surface area contributed by atoms with Gasteiger partial charge in [-0.2, -0.15) is 0 Å². The van der Waals surface area contributed by atoms with E-state index in [4.69, 9.17) is 11.6 Å². The van der Waals surface area contributed by atoms with Crippen LogP contribution in [0.25, 0.3) is 0 Å². The van der Waals surface area contributed by atoms with E-state index in [0.29, 0.717) is 5.69 Å². The van der Waals surface area contributed by atoms with E-state index in [2.05, 4.69) is 20.5 Å². The molecule has 1 atom stereocenters. The first-order valence-corrected chi connectivity index (χ1v) is 7.52. The second kappa shape index (κ2) is 6.31. The van der Waals surface area contributed by atoms with Crippen molar-refractivity contribution in [2.75, 3.05) is 5.32 Å². The van der Waals surface area contributed by atoms with Gasteiger partial charge in [0.2, 0.25) is 5.91 Å². The van der Waals surface area contributed by atoms with Gasteiger partial charge in [-0.3, -0.25) is 4.79 Å². The van der Waals surface area contributed by atoms with Gasteiger partial charge in [0.05, 0.1) is 10.9 Å². The molecular weight excluding hydrogens is 304 g/mol. The SMILES string of the molecule is Cc1nnc(S[C@@H](C)C(=O)Nc2cccnc2Cl)s1. The number of carbonyl (C=O) groups excluding carboxylic acids is 1. The summed E-state index contributed by atoms with van der Waals surface area (Å²) in [5.41, 5.74) is 0.509. The summed E-state index contributed by atoms with van der Waals surface area (Å²) in [6.45, 7) is 3.68. The molecule has 1 amide bonds. The Morgan fingerprint density at radius 2 is 2.32 bits per heavy atom. The number of aryl methyl sites for hydroxylation is 1. The van der Waals surface area contributed by atoms with Gasteiger partial charge in [0.1, 0.15) is 5.01 Å². The molecule has 1 N–H and O–H groups in total. The molecule has 0 saturated carbocycles. The molecule has 5 nitrogen and oxygen atoms in total. The molecule has 2 rings (SSSR count). The average molecular weight is 315 g/mol. The number of pyridine rings is 1. The van der Waals surface area contributed by atoms with Crippen molar-refractivity contribution >= 4 is 46.3 Å². The topological polar surface area (TPSA) is 67.8 Å². The smallest absolute Gasteiger partial charge is 0.237 e. The standard InChI is InChI=1S/C11H11ClN4OS2/c1-6(18-11-16-15-7(2)19-11)10(17)14-8-4-3-5-13-9(8)12/h3-6H,1-2H3,(H,14,17)/t6-/m0/s1. The van der Waals surface area contributed by atoms with Crippen LogP contribution < -0.4 is 5.32 Å². The molecule has 8 heteroatoms. The monoisotopic (exact) mass is 314 g/mol. The Bertz CT molecular complexity index is 590. The van der Waals surface area contributed by atoms with Crippen LogP contribution in [0.3, 0.4) is 0 Å². The molecule has 0 unspecified atom stereocenters. The maximum absolute atomic E-state index is 12.0. The van der Waals surface area contributed by atoms with Crippen LogP contribution in [-0.4, -0.2) is 26.3 Å². The highest BCUT2D eigenvalue weighted by Gasteiger charge is 2.17. The fourth-order valence-corrected chi connectivity index (χ4v) is 3.37. The van der Waals surface area contributed by atoms with E-state index < -0.39 is 0 Å². The lowest BCUT2D eigenvalue weighted by Crippen LogP contribution is -2.22. The molecule has 0 fully saturated rings. The number of hydrogen-bond acceptors (Lipinski definition) is 6. The zero-order valence-electron chi connectivity index (χ0n) is 10.3. The number of anilines is 1.